The Balaban J connectivity index is 2.01. The van der Waals surface area contributed by atoms with Crippen LogP contribution in [-0.4, -0.2) is 11.3 Å². The van der Waals surface area contributed by atoms with Crippen molar-refractivity contribution in [2.75, 3.05) is 5.33 Å². The van der Waals surface area contributed by atoms with Gasteiger partial charge < -0.3 is 0 Å². The predicted molar refractivity (Wildman–Crippen MR) is 43.1 cm³/mol. The van der Waals surface area contributed by atoms with Gasteiger partial charge in [-0.05, 0) is 25.2 Å². The lowest BCUT2D eigenvalue weighted by molar-refractivity contribution is 0.0648. The summed E-state index contributed by atoms with van der Waals surface area (Å²) in [4.78, 5) is 0. The zero-order chi connectivity index (χ0) is 8.11. The second-order valence-electron chi connectivity index (χ2n) is 3.92. The van der Waals surface area contributed by atoms with Crippen molar-refractivity contribution in [3.05, 3.63) is 0 Å². The van der Waals surface area contributed by atoms with E-state index in [0.717, 1.165) is 24.6 Å². The van der Waals surface area contributed by atoms with Crippen molar-refractivity contribution in [2.24, 2.45) is 11.3 Å². The molecule has 0 nitrogen and oxygen atoms in total. The van der Waals surface area contributed by atoms with E-state index in [-0.39, 0.29) is 6.42 Å². The van der Waals surface area contributed by atoms with E-state index in [2.05, 4.69) is 15.9 Å². The van der Waals surface area contributed by atoms with Crippen LogP contribution in [0.25, 0.3) is 0 Å². The van der Waals surface area contributed by atoms with Crippen LogP contribution in [0.2, 0.25) is 0 Å². The largest absolute Gasteiger partial charge is 0.254 e. The van der Waals surface area contributed by atoms with Crippen LogP contribution in [0.1, 0.15) is 25.7 Å². The molecule has 2 rings (SSSR count). The molecule has 2 atom stereocenters. The molecule has 1 spiro atoms. The molecule has 0 heterocycles. The van der Waals surface area contributed by atoms with Crippen LogP contribution in [-0.2, 0) is 0 Å². The van der Waals surface area contributed by atoms with E-state index in [1.54, 1.807) is 0 Å². The number of hydrogen-bond donors (Lipinski definition) is 0. The van der Waals surface area contributed by atoms with Crippen LogP contribution in [0.3, 0.4) is 0 Å². The summed E-state index contributed by atoms with van der Waals surface area (Å²) in [6, 6.07) is 0. The van der Waals surface area contributed by atoms with Crippen molar-refractivity contribution in [2.45, 2.75) is 31.6 Å². The van der Waals surface area contributed by atoms with Crippen molar-refractivity contribution in [1.29, 1.82) is 0 Å². The van der Waals surface area contributed by atoms with Crippen molar-refractivity contribution in [1.82, 2.24) is 0 Å². The van der Waals surface area contributed by atoms with Gasteiger partial charge in [0.2, 0.25) is 0 Å². The maximum atomic E-state index is 12.8. The molecule has 2 unspecified atom stereocenters. The van der Waals surface area contributed by atoms with E-state index < -0.39 is 11.3 Å². The van der Waals surface area contributed by atoms with E-state index in [9.17, 15) is 8.78 Å². The Bertz CT molecular complexity index is 181. The smallest absolute Gasteiger partial charge is 0.206 e. The molecule has 3 heteroatoms. The second-order valence-corrected chi connectivity index (χ2v) is 4.57. The number of rotatable bonds is 1. The quantitative estimate of drug-likeness (QED) is 0.601. The average Bonchev–Trinajstić information content (AvgIpc) is 2.35. The number of hydrogen-bond acceptors (Lipinski definition) is 0. The molecular weight excluding hydrogens is 214 g/mol. The first-order chi connectivity index (χ1) is 5.10. The number of halogens is 3. The van der Waals surface area contributed by atoms with Crippen molar-refractivity contribution in [3.63, 3.8) is 0 Å². The van der Waals surface area contributed by atoms with E-state index in [1.165, 1.54) is 0 Å². The van der Waals surface area contributed by atoms with Crippen LogP contribution >= 0.6 is 15.9 Å². The Morgan fingerprint density at radius 2 is 2.09 bits per heavy atom. The molecule has 64 valence electrons. The molecule has 0 bridgehead atoms. The summed E-state index contributed by atoms with van der Waals surface area (Å²) in [5.74, 6) is -1.81. The van der Waals surface area contributed by atoms with Gasteiger partial charge in [-0.1, -0.05) is 15.9 Å². The first-order valence-corrected chi connectivity index (χ1v) is 5.16. The van der Waals surface area contributed by atoms with Gasteiger partial charge in [0.25, 0.3) is 5.92 Å². The van der Waals surface area contributed by atoms with Crippen LogP contribution in [0.5, 0.6) is 0 Å². The molecule has 11 heavy (non-hydrogen) atoms. The van der Waals surface area contributed by atoms with E-state index in [0.29, 0.717) is 5.92 Å². The van der Waals surface area contributed by atoms with E-state index in [4.69, 9.17) is 0 Å². The molecule has 2 aliphatic carbocycles. The minimum absolute atomic E-state index is 0.156. The molecule has 2 aliphatic rings. The third-order valence-electron chi connectivity index (χ3n) is 3.14. The fourth-order valence-corrected chi connectivity index (χ4v) is 2.80. The molecule has 0 radical (unpaired) electrons. The van der Waals surface area contributed by atoms with E-state index in [1.807, 2.05) is 0 Å². The topological polar surface area (TPSA) is 0 Å². The predicted octanol–water partition coefficient (Wildman–Crippen LogP) is 3.21. The molecular formula is C8H11BrF2. The summed E-state index contributed by atoms with van der Waals surface area (Å²) in [6.07, 6.45) is 2.63. The average molecular weight is 225 g/mol. The van der Waals surface area contributed by atoms with Gasteiger partial charge in [-0.25, -0.2) is 8.78 Å². The highest BCUT2D eigenvalue weighted by Gasteiger charge is 2.72. The van der Waals surface area contributed by atoms with Gasteiger partial charge in [0.05, 0.1) is 0 Å². The zero-order valence-corrected chi connectivity index (χ0v) is 7.83. The molecule has 2 saturated carbocycles. The molecule has 2 fully saturated rings. The van der Waals surface area contributed by atoms with E-state index >= 15 is 0 Å². The minimum atomic E-state index is -2.32. The molecule has 0 aliphatic heterocycles. The van der Waals surface area contributed by atoms with Crippen molar-refractivity contribution >= 4 is 15.9 Å². The first-order valence-electron chi connectivity index (χ1n) is 4.03. The molecule has 0 aromatic heterocycles. The van der Waals surface area contributed by atoms with Gasteiger partial charge in [0.1, 0.15) is 0 Å². The lowest BCUT2D eigenvalue weighted by Gasteiger charge is -2.06. The third kappa shape index (κ3) is 1.04. The number of alkyl halides is 3. The highest BCUT2D eigenvalue weighted by molar-refractivity contribution is 9.09. The fraction of sp³-hybridized carbons (Fsp3) is 1.00. The summed E-state index contributed by atoms with van der Waals surface area (Å²) in [6.45, 7) is 0. The highest BCUT2D eigenvalue weighted by Crippen LogP contribution is 2.69. The summed E-state index contributed by atoms with van der Waals surface area (Å²) in [5.41, 5.74) is -0.550. The third-order valence-corrected chi connectivity index (χ3v) is 4.06. The Morgan fingerprint density at radius 1 is 1.45 bits per heavy atom. The Hall–Kier alpha value is 0.340. The van der Waals surface area contributed by atoms with Crippen LogP contribution in [0.4, 0.5) is 8.78 Å². The lowest BCUT2D eigenvalue weighted by atomic mass is 10.0. The molecule has 0 aromatic rings. The molecule has 0 N–H and O–H groups in total. The second kappa shape index (κ2) is 2.18. The van der Waals surface area contributed by atoms with Gasteiger partial charge in [0.15, 0.2) is 0 Å². The Morgan fingerprint density at radius 3 is 2.36 bits per heavy atom. The summed E-state index contributed by atoms with van der Waals surface area (Å²) < 4.78 is 25.6. The molecule has 0 aromatic carbocycles. The summed E-state index contributed by atoms with van der Waals surface area (Å²) in [5, 5.41) is 0.894. The van der Waals surface area contributed by atoms with Crippen molar-refractivity contribution < 1.29 is 8.78 Å². The minimum Gasteiger partial charge on any atom is -0.206 e. The van der Waals surface area contributed by atoms with Gasteiger partial charge in [-0.3, -0.25) is 0 Å². The van der Waals surface area contributed by atoms with Gasteiger partial charge in [0, 0.05) is 17.2 Å². The van der Waals surface area contributed by atoms with Crippen LogP contribution < -0.4 is 0 Å². The Kier molecular flexibility index (Phi) is 1.58. The normalized spacial score (nSPS) is 46.6. The SMILES string of the molecule is FC1(F)CC12CCC(CBr)C2. The fourth-order valence-electron chi connectivity index (χ4n) is 2.24. The maximum Gasteiger partial charge on any atom is 0.254 e. The lowest BCUT2D eigenvalue weighted by Crippen LogP contribution is -2.07. The van der Waals surface area contributed by atoms with Crippen LogP contribution in [0, 0.1) is 11.3 Å². The van der Waals surface area contributed by atoms with Crippen molar-refractivity contribution in [3.8, 4) is 0 Å². The highest BCUT2D eigenvalue weighted by atomic mass is 79.9. The summed E-state index contributed by atoms with van der Waals surface area (Å²) >= 11 is 3.35. The Labute approximate surface area is 73.5 Å². The van der Waals surface area contributed by atoms with Gasteiger partial charge >= 0.3 is 0 Å². The zero-order valence-electron chi connectivity index (χ0n) is 6.25. The van der Waals surface area contributed by atoms with Gasteiger partial charge in [-0.2, -0.15) is 0 Å². The first kappa shape index (κ1) is 7.96. The summed E-state index contributed by atoms with van der Waals surface area (Å²) in [7, 11) is 0. The monoisotopic (exact) mass is 224 g/mol. The maximum absolute atomic E-state index is 12.8. The molecule has 0 saturated heterocycles. The standard InChI is InChI=1S/C8H11BrF2/c9-4-6-1-2-7(3-6)5-8(7,10)11/h6H,1-5H2. The van der Waals surface area contributed by atoms with Crippen LogP contribution in [0.15, 0.2) is 0 Å². The van der Waals surface area contributed by atoms with Gasteiger partial charge in [-0.15, -0.1) is 0 Å². The molecule has 0 amide bonds.